The molecule has 7 nitrogen and oxygen atoms in total. The monoisotopic (exact) mass is 386 g/mol. The normalized spacial score (nSPS) is 15.6. The highest BCUT2D eigenvalue weighted by atomic mass is 32.2. The van der Waals surface area contributed by atoms with E-state index < -0.39 is 10.0 Å². The van der Waals surface area contributed by atoms with E-state index in [2.05, 4.69) is 9.71 Å². The first kappa shape index (κ1) is 17.9. The summed E-state index contributed by atoms with van der Waals surface area (Å²) in [5.41, 5.74) is 2.81. The lowest BCUT2D eigenvalue weighted by atomic mass is 10.1. The Hall–Kier alpha value is -2.45. The third-order valence-electron chi connectivity index (χ3n) is 5.12. The van der Waals surface area contributed by atoms with Crippen molar-refractivity contribution in [2.45, 2.75) is 43.7 Å². The first-order chi connectivity index (χ1) is 12.8. The fourth-order valence-corrected chi connectivity index (χ4v) is 5.08. The number of aryl methyl sites for hydroxylation is 2. The van der Waals surface area contributed by atoms with Crippen LogP contribution in [0.5, 0.6) is 0 Å². The summed E-state index contributed by atoms with van der Waals surface area (Å²) in [5.74, 6) is 0. The van der Waals surface area contributed by atoms with E-state index in [1.807, 2.05) is 12.1 Å². The van der Waals surface area contributed by atoms with E-state index >= 15 is 0 Å². The van der Waals surface area contributed by atoms with Gasteiger partial charge in [-0.25, -0.2) is 18.1 Å². The van der Waals surface area contributed by atoms with Crippen LogP contribution in [-0.2, 0) is 17.1 Å². The second-order valence-electron chi connectivity index (χ2n) is 7.17. The topological polar surface area (TPSA) is 85.5 Å². The Labute approximate surface area is 157 Å². The molecule has 0 saturated heterocycles. The molecule has 4 rings (SSSR count). The standard InChI is InChI=1S/C19H22N4O3S/c1-13-9-15(11-22(2)19(13)24)14-7-8-17-20-10-18(23(17)12-14)27(25,26)21-16-5-3-4-6-16/h7-12,16,21H,3-6H2,1-2H3. The van der Waals surface area contributed by atoms with Crippen molar-refractivity contribution in [3.8, 4) is 11.1 Å². The van der Waals surface area contributed by atoms with Gasteiger partial charge < -0.3 is 4.57 Å². The number of imidazole rings is 1. The van der Waals surface area contributed by atoms with Gasteiger partial charge in [-0.3, -0.25) is 9.20 Å². The third-order valence-corrected chi connectivity index (χ3v) is 6.62. The lowest BCUT2D eigenvalue weighted by Gasteiger charge is -2.12. The van der Waals surface area contributed by atoms with Gasteiger partial charge >= 0.3 is 0 Å². The molecule has 3 aromatic heterocycles. The molecule has 0 bridgehead atoms. The minimum absolute atomic E-state index is 0.00460. The Kier molecular flexibility index (Phi) is 4.39. The maximum absolute atomic E-state index is 12.8. The molecule has 0 aromatic carbocycles. The molecule has 1 aliphatic rings. The number of nitrogens with one attached hydrogen (secondary N) is 1. The first-order valence-electron chi connectivity index (χ1n) is 9.02. The summed E-state index contributed by atoms with van der Waals surface area (Å²) in [6.07, 6.45) is 8.75. The summed E-state index contributed by atoms with van der Waals surface area (Å²) >= 11 is 0. The van der Waals surface area contributed by atoms with Crippen LogP contribution < -0.4 is 10.3 Å². The molecule has 27 heavy (non-hydrogen) atoms. The summed E-state index contributed by atoms with van der Waals surface area (Å²) < 4.78 is 31.6. The number of aromatic nitrogens is 3. The molecule has 1 saturated carbocycles. The van der Waals surface area contributed by atoms with E-state index in [-0.39, 0.29) is 16.6 Å². The van der Waals surface area contributed by atoms with Crippen molar-refractivity contribution in [3.05, 3.63) is 52.7 Å². The zero-order chi connectivity index (χ0) is 19.2. The highest BCUT2D eigenvalue weighted by molar-refractivity contribution is 7.89. The van der Waals surface area contributed by atoms with Gasteiger partial charge in [0.1, 0.15) is 5.65 Å². The van der Waals surface area contributed by atoms with Crippen molar-refractivity contribution in [2.75, 3.05) is 0 Å². The van der Waals surface area contributed by atoms with Crippen LogP contribution in [0.3, 0.4) is 0 Å². The summed E-state index contributed by atoms with van der Waals surface area (Å²) in [6, 6.07) is 5.47. The van der Waals surface area contributed by atoms with Crippen LogP contribution in [0.4, 0.5) is 0 Å². The minimum Gasteiger partial charge on any atom is -0.318 e. The molecule has 0 spiro atoms. The molecule has 142 valence electrons. The van der Waals surface area contributed by atoms with Crippen molar-refractivity contribution < 1.29 is 8.42 Å². The van der Waals surface area contributed by atoms with E-state index in [0.717, 1.165) is 36.8 Å². The number of hydrogen-bond acceptors (Lipinski definition) is 4. The Morgan fingerprint density at radius 2 is 1.89 bits per heavy atom. The number of pyridine rings is 2. The highest BCUT2D eigenvalue weighted by Crippen LogP contribution is 2.24. The Morgan fingerprint density at radius 3 is 2.59 bits per heavy atom. The largest absolute Gasteiger partial charge is 0.318 e. The average molecular weight is 386 g/mol. The van der Waals surface area contributed by atoms with Crippen LogP contribution in [0.2, 0.25) is 0 Å². The maximum Gasteiger partial charge on any atom is 0.258 e. The summed E-state index contributed by atoms with van der Waals surface area (Å²) in [5, 5.41) is 0.132. The minimum atomic E-state index is -3.65. The molecule has 0 aliphatic heterocycles. The van der Waals surface area contributed by atoms with Crippen LogP contribution in [0.15, 0.2) is 46.6 Å². The molecule has 0 radical (unpaired) electrons. The molecule has 3 aromatic rings. The molecular formula is C19H22N4O3S. The number of hydrogen-bond donors (Lipinski definition) is 1. The van der Waals surface area contributed by atoms with Crippen molar-refractivity contribution in [1.82, 2.24) is 18.7 Å². The second kappa shape index (κ2) is 6.61. The van der Waals surface area contributed by atoms with E-state index in [4.69, 9.17) is 0 Å². The lowest BCUT2D eigenvalue weighted by Crippen LogP contribution is -2.33. The number of sulfonamides is 1. The fraction of sp³-hybridized carbons (Fsp3) is 0.368. The predicted octanol–water partition coefficient (Wildman–Crippen LogP) is 2.23. The Morgan fingerprint density at radius 1 is 1.15 bits per heavy atom. The zero-order valence-electron chi connectivity index (χ0n) is 15.3. The van der Waals surface area contributed by atoms with Crippen LogP contribution in [0.1, 0.15) is 31.2 Å². The number of rotatable bonds is 4. The molecule has 1 fully saturated rings. The van der Waals surface area contributed by atoms with Gasteiger partial charge in [0.05, 0.1) is 6.20 Å². The van der Waals surface area contributed by atoms with Gasteiger partial charge in [-0.2, -0.15) is 0 Å². The van der Waals surface area contributed by atoms with Crippen LogP contribution in [-0.4, -0.2) is 28.4 Å². The van der Waals surface area contributed by atoms with Crippen molar-refractivity contribution in [1.29, 1.82) is 0 Å². The average Bonchev–Trinajstić information content (AvgIpc) is 3.27. The molecule has 1 N–H and O–H groups in total. The molecule has 1 aliphatic carbocycles. The van der Waals surface area contributed by atoms with Crippen LogP contribution >= 0.6 is 0 Å². The summed E-state index contributed by atoms with van der Waals surface area (Å²) in [6.45, 7) is 1.77. The van der Waals surface area contributed by atoms with E-state index in [1.165, 1.54) is 10.8 Å². The third kappa shape index (κ3) is 3.30. The maximum atomic E-state index is 12.8. The summed E-state index contributed by atoms with van der Waals surface area (Å²) in [7, 11) is -1.95. The second-order valence-corrected chi connectivity index (χ2v) is 8.83. The van der Waals surface area contributed by atoms with Gasteiger partial charge in [0.2, 0.25) is 0 Å². The molecule has 0 atom stereocenters. The van der Waals surface area contributed by atoms with Crippen molar-refractivity contribution in [3.63, 3.8) is 0 Å². The quantitative estimate of drug-likeness (QED) is 0.745. The van der Waals surface area contributed by atoms with E-state index in [9.17, 15) is 13.2 Å². The summed E-state index contributed by atoms with van der Waals surface area (Å²) in [4.78, 5) is 16.2. The lowest BCUT2D eigenvalue weighted by molar-refractivity contribution is 0.548. The van der Waals surface area contributed by atoms with Crippen LogP contribution in [0, 0.1) is 6.92 Å². The fourth-order valence-electron chi connectivity index (χ4n) is 3.69. The van der Waals surface area contributed by atoms with Crippen LogP contribution in [0.25, 0.3) is 16.8 Å². The smallest absolute Gasteiger partial charge is 0.258 e. The molecule has 3 heterocycles. The van der Waals surface area contributed by atoms with E-state index in [1.54, 1.807) is 36.8 Å². The number of nitrogens with zero attached hydrogens (tertiary/aromatic N) is 3. The van der Waals surface area contributed by atoms with Gasteiger partial charge in [-0.05, 0) is 49.1 Å². The number of fused-ring (bicyclic) bond motifs is 1. The van der Waals surface area contributed by atoms with Crippen molar-refractivity contribution >= 4 is 15.7 Å². The molecular weight excluding hydrogens is 364 g/mol. The predicted molar refractivity (Wildman–Crippen MR) is 103 cm³/mol. The van der Waals surface area contributed by atoms with Crippen molar-refractivity contribution in [2.24, 2.45) is 7.05 Å². The van der Waals surface area contributed by atoms with E-state index in [0.29, 0.717) is 11.2 Å². The molecule has 0 amide bonds. The molecule has 0 unspecified atom stereocenters. The van der Waals surface area contributed by atoms with Gasteiger partial charge in [0.25, 0.3) is 15.6 Å². The molecule has 8 heteroatoms. The van der Waals surface area contributed by atoms with Gasteiger partial charge in [-0.1, -0.05) is 12.8 Å². The van der Waals surface area contributed by atoms with Gasteiger partial charge in [-0.15, -0.1) is 0 Å². The van der Waals surface area contributed by atoms with Gasteiger partial charge in [0.15, 0.2) is 5.03 Å². The zero-order valence-corrected chi connectivity index (χ0v) is 16.2. The SMILES string of the molecule is Cc1cc(-c2ccc3ncc(S(=O)(=O)NC4CCCC4)n3c2)cn(C)c1=O. The van der Waals surface area contributed by atoms with Gasteiger partial charge in [0, 0.05) is 31.0 Å². The Bertz CT molecular complexity index is 1150. The first-order valence-corrected chi connectivity index (χ1v) is 10.5. The highest BCUT2D eigenvalue weighted by Gasteiger charge is 2.25. The Balaban J connectivity index is 1.78.